The zero-order chi connectivity index (χ0) is 9.80. The van der Waals surface area contributed by atoms with Crippen LogP contribution in [0.5, 0.6) is 0 Å². The van der Waals surface area contributed by atoms with Crippen LogP contribution in [0.4, 0.5) is 0 Å². The Kier molecular flexibility index (Phi) is 3.06. The Morgan fingerprint density at radius 2 is 1.93 bits per heavy atom. The number of pyridine rings is 1. The summed E-state index contributed by atoms with van der Waals surface area (Å²) in [5.74, 6) is 0. The number of nitrogens with zero attached hydrogens (tertiary/aromatic N) is 3. The van der Waals surface area contributed by atoms with Crippen LogP contribution in [0.25, 0.3) is 0 Å². The summed E-state index contributed by atoms with van der Waals surface area (Å²) in [4.78, 5) is 3.96. The fourth-order valence-electron chi connectivity index (χ4n) is 1.13. The molecule has 0 aliphatic heterocycles. The summed E-state index contributed by atoms with van der Waals surface area (Å²) in [6.07, 6.45) is 5.42. The number of hydrogen-bond acceptors (Lipinski definition) is 4. The third-order valence-corrected chi connectivity index (χ3v) is 2.90. The predicted molar refractivity (Wildman–Crippen MR) is 56.6 cm³/mol. The van der Waals surface area contributed by atoms with Gasteiger partial charge < -0.3 is 0 Å². The molecule has 2 aromatic rings. The summed E-state index contributed by atoms with van der Waals surface area (Å²) in [7, 11) is 0. The van der Waals surface area contributed by atoms with E-state index in [9.17, 15) is 0 Å². The lowest BCUT2D eigenvalue weighted by Crippen LogP contribution is -1.90. The van der Waals surface area contributed by atoms with Gasteiger partial charge in [0.2, 0.25) is 4.47 Å². The summed E-state index contributed by atoms with van der Waals surface area (Å²) >= 11 is 7.11. The molecule has 2 aromatic heterocycles. The molecule has 14 heavy (non-hydrogen) atoms. The van der Waals surface area contributed by atoms with Crippen LogP contribution >= 0.6 is 22.9 Å². The van der Waals surface area contributed by atoms with Gasteiger partial charge in [-0.1, -0.05) is 11.3 Å². The number of aromatic nitrogens is 3. The second-order valence-electron chi connectivity index (χ2n) is 2.80. The molecule has 0 saturated carbocycles. The Labute approximate surface area is 90.8 Å². The van der Waals surface area contributed by atoms with Gasteiger partial charge in [-0.25, -0.2) is 0 Å². The fourth-order valence-corrected chi connectivity index (χ4v) is 2.00. The molecule has 5 heteroatoms. The van der Waals surface area contributed by atoms with E-state index < -0.39 is 0 Å². The highest BCUT2D eigenvalue weighted by Gasteiger charge is 2.01. The number of halogens is 1. The molecule has 0 amide bonds. The summed E-state index contributed by atoms with van der Waals surface area (Å²) in [6, 6.07) is 4.01. The van der Waals surface area contributed by atoms with Crippen molar-refractivity contribution in [2.24, 2.45) is 0 Å². The SMILES string of the molecule is Clc1nnc(CCc2ccncc2)s1. The highest BCUT2D eigenvalue weighted by Crippen LogP contribution is 2.16. The highest BCUT2D eigenvalue weighted by molar-refractivity contribution is 7.15. The van der Waals surface area contributed by atoms with Crippen molar-refractivity contribution in [2.45, 2.75) is 12.8 Å². The predicted octanol–water partition coefficient (Wildman–Crippen LogP) is 2.37. The lowest BCUT2D eigenvalue weighted by atomic mass is 10.1. The van der Waals surface area contributed by atoms with E-state index in [-0.39, 0.29) is 0 Å². The van der Waals surface area contributed by atoms with Gasteiger partial charge in [-0.15, -0.1) is 10.2 Å². The zero-order valence-electron chi connectivity index (χ0n) is 7.35. The Morgan fingerprint density at radius 3 is 2.57 bits per heavy atom. The summed E-state index contributed by atoms with van der Waals surface area (Å²) in [6.45, 7) is 0. The maximum absolute atomic E-state index is 5.68. The molecule has 0 N–H and O–H groups in total. The van der Waals surface area contributed by atoms with Crippen molar-refractivity contribution in [1.29, 1.82) is 0 Å². The molecule has 0 radical (unpaired) electrons. The van der Waals surface area contributed by atoms with Crippen LogP contribution in [0, 0.1) is 0 Å². The summed E-state index contributed by atoms with van der Waals surface area (Å²) in [5.41, 5.74) is 1.26. The van der Waals surface area contributed by atoms with Crippen molar-refractivity contribution in [3.05, 3.63) is 39.6 Å². The fraction of sp³-hybridized carbons (Fsp3) is 0.222. The van der Waals surface area contributed by atoms with Gasteiger partial charge in [-0.2, -0.15) is 0 Å². The van der Waals surface area contributed by atoms with Crippen molar-refractivity contribution in [2.75, 3.05) is 0 Å². The molecule has 72 valence electrons. The molecular formula is C9H8ClN3S. The second kappa shape index (κ2) is 4.48. The molecule has 0 aliphatic carbocycles. The Hall–Kier alpha value is -1.000. The van der Waals surface area contributed by atoms with E-state index in [0.29, 0.717) is 4.47 Å². The van der Waals surface area contributed by atoms with Gasteiger partial charge in [0, 0.05) is 18.8 Å². The standard InChI is InChI=1S/C9H8ClN3S/c10-9-13-12-8(14-9)2-1-7-3-5-11-6-4-7/h3-6H,1-2H2. The average Bonchev–Trinajstić information content (AvgIpc) is 2.63. The number of aryl methyl sites for hydroxylation is 2. The first-order valence-electron chi connectivity index (χ1n) is 4.21. The van der Waals surface area contributed by atoms with E-state index in [1.54, 1.807) is 12.4 Å². The molecule has 0 fully saturated rings. The van der Waals surface area contributed by atoms with Gasteiger partial charge in [-0.05, 0) is 35.7 Å². The second-order valence-corrected chi connectivity index (χ2v) is 4.45. The summed E-state index contributed by atoms with van der Waals surface area (Å²) < 4.78 is 0.509. The molecule has 3 nitrogen and oxygen atoms in total. The maximum Gasteiger partial charge on any atom is 0.207 e. The maximum atomic E-state index is 5.68. The largest absolute Gasteiger partial charge is 0.265 e. The molecule has 0 aliphatic rings. The van der Waals surface area contributed by atoms with E-state index in [4.69, 9.17) is 11.6 Å². The monoisotopic (exact) mass is 225 g/mol. The quantitative estimate of drug-likeness (QED) is 0.805. The molecule has 2 rings (SSSR count). The van der Waals surface area contributed by atoms with Crippen LogP contribution in [0.3, 0.4) is 0 Å². The van der Waals surface area contributed by atoms with E-state index in [1.165, 1.54) is 16.9 Å². The number of rotatable bonds is 3. The number of hydrogen-bond donors (Lipinski definition) is 0. The Balaban J connectivity index is 1.95. The van der Waals surface area contributed by atoms with Crippen LogP contribution in [-0.4, -0.2) is 15.2 Å². The Bertz CT molecular complexity index is 401. The first-order chi connectivity index (χ1) is 6.84. The normalized spacial score (nSPS) is 10.4. The van der Waals surface area contributed by atoms with Gasteiger partial charge in [0.1, 0.15) is 5.01 Å². The third kappa shape index (κ3) is 2.49. The van der Waals surface area contributed by atoms with Crippen LogP contribution in [-0.2, 0) is 12.8 Å². The Morgan fingerprint density at radius 1 is 1.14 bits per heavy atom. The van der Waals surface area contributed by atoms with E-state index in [1.807, 2.05) is 12.1 Å². The van der Waals surface area contributed by atoms with Crippen LogP contribution < -0.4 is 0 Å². The van der Waals surface area contributed by atoms with Crippen LogP contribution in [0.2, 0.25) is 4.47 Å². The first-order valence-corrected chi connectivity index (χ1v) is 5.41. The third-order valence-electron chi connectivity index (χ3n) is 1.82. The molecule has 0 bridgehead atoms. The minimum atomic E-state index is 0.509. The molecule has 0 atom stereocenters. The highest BCUT2D eigenvalue weighted by atomic mass is 35.5. The first kappa shape index (κ1) is 9.55. The van der Waals surface area contributed by atoms with Gasteiger partial charge in [0.05, 0.1) is 0 Å². The topological polar surface area (TPSA) is 38.7 Å². The average molecular weight is 226 g/mol. The van der Waals surface area contributed by atoms with Gasteiger partial charge in [0.25, 0.3) is 0 Å². The lowest BCUT2D eigenvalue weighted by Gasteiger charge is -1.96. The van der Waals surface area contributed by atoms with Crippen LogP contribution in [0.1, 0.15) is 10.6 Å². The van der Waals surface area contributed by atoms with Crippen molar-refractivity contribution in [3.8, 4) is 0 Å². The van der Waals surface area contributed by atoms with E-state index in [2.05, 4.69) is 15.2 Å². The lowest BCUT2D eigenvalue weighted by molar-refractivity contribution is 0.902. The molecule has 0 aromatic carbocycles. The molecule has 0 spiro atoms. The molecule has 2 heterocycles. The van der Waals surface area contributed by atoms with Gasteiger partial charge in [-0.3, -0.25) is 4.98 Å². The zero-order valence-corrected chi connectivity index (χ0v) is 8.92. The van der Waals surface area contributed by atoms with Crippen molar-refractivity contribution >= 4 is 22.9 Å². The van der Waals surface area contributed by atoms with Crippen LogP contribution in [0.15, 0.2) is 24.5 Å². The van der Waals surface area contributed by atoms with Gasteiger partial charge in [0.15, 0.2) is 0 Å². The van der Waals surface area contributed by atoms with E-state index in [0.717, 1.165) is 17.8 Å². The molecule has 0 unspecified atom stereocenters. The smallest absolute Gasteiger partial charge is 0.207 e. The van der Waals surface area contributed by atoms with Crippen molar-refractivity contribution in [1.82, 2.24) is 15.2 Å². The van der Waals surface area contributed by atoms with Crippen molar-refractivity contribution < 1.29 is 0 Å². The van der Waals surface area contributed by atoms with Gasteiger partial charge >= 0.3 is 0 Å². The van der Waals surface area contributed by atoms with E-state index >= 15 is 0 Å². The minimum absolute atomic E-state index is 0.509. The minimum Gasteiger partial charge on any atom is -0.265 e. The molecular weight excluding hydrogens is 218 g/mol. The summed E-state index contributed by atoms with van der Waals surface area (Å²) in [5, 5.41) is 8.68. The molecule has 0 saturated heterocycles. The van der Waals surface area contributed by atoms with Crippen molar-refractivity contribution in [3.63, 3.8) is 0 Å².